The summed E-state index contributed by atoms with van der Waals surface area (Å²) in [5.74, 6) is 0.838. The number of fused-ring (bicyclic) bond motifs is 1. The van der Waals surface area contributed by atoms with Crippen LogP contribution in [0.15, 0.2) is 24.3 Å². The third-order valence-electron chi connectivity index (χ3n) is 3.92. The largest absolute Gasteiger partial charge is 0.416 e. The number of nitrogens with zero attached hydrogens (tertiary/aromatic N) is 2. The molecular weight excluding hydrogens is 291 g/mol. The van der Waals surface area contributed by atoms with Gasteiger partial charge < -0.3 is 5.32 Å². The Labute approximate surface area is 127 Å². The molecule has 0 atom stereocenters. The highest BCUT2D eigenvalue weighted by atomic mass is 19.4. The first-order valence-electron chi connectivity index (χ1n) is 7.53. The summed E-state index contributed by atoms with van der Waals surface area (Å²) in [6, 6.07) is 5.31. The lowest BCUT2D eigenvalue weighted by Gasteiger charge is -2.10. The second-order valence-electron chi connectivity index (χ2n) is 5.51. The van der Waals surface area contributed by atoms with E-state index in [9.17, 15) is 13.2 Å². The predicted molar refractivity (Wildman–Crippen MR) is 79.4 cm³/mol. The molecule has 6 heteroatoms. The van der Waals surface area contributed by atoms with Crippen molar-refractivity contribution in [2.45, 2.75) is 38.8 Å². The molecule has 0 aliphatic carbocycles. The number of aryl methyl sites for hydroxylation is 1. The van der Waals surface area contributed by atoms with E-state index in [2.05, 4.69) is 17.3 Å². The number of hydrogen-bond acceptors (Lipinski definition) is 2. The van der Waals surface area contributed by atoms with Crippen molar-refractivity contribution in [3.05, 3.63) is 41.1 Å². The van der Waals surface area contributed by atoms with Gasteiger partial charge in [-0.05, 0) is 37.5 Å². The first-order valence-corrected chi connectivity index (χ1v) is 7.53. The van der Waals surface area contributed by atoms with E-state index < -0.39 is 11.7 Å². The van der Waals surface area contributed by atoms with Crippen LogP contribution in [0, 0.1) is 0 Å². The van der Waals surface area contributed by atoms with Crippen LogP contribution in [0.25, 0.3) is 5.69 Å². The molecule has 22 heavy (non-hydrogen) atoms. The Balaban J connectivity index is 2.02. The first-order chi connectivity index (χ1) is 10.5. The molecule has 1 aromatic carbocycles. The van der Waals surface area contributed by atoms with E-state index in [0.29, 0.717) is 5.69 Å². The van der Waals surface area contributed by atoms with Gasteiger partial charge in [-0.1, -0.05) is 19.4 Å². The number of halogens is 3. The summed E-state index contributed by atoms with van der Waals surface area (Å²) in [5, 5.41) is 7.79. The summed E-state index contributed by atoms with van der Waals surface area (Å²) in [7, 11) is 0. The Morgan fingerprint density at radius 2 is 2.14 bits per heavy atom. The number of nitrogens with one attached hydrogen (secondary N) is 1. The molecule has 1 aromatic heterocycles. The van der Waals surface area contributed by atoms with Crippen molar-refractivity contribution >= 4 is 5.82 Å². The van der Waals surface area contributed by atoms with Gasteiger partial charge >= 0.3 is 6.18 Å². The Bertz CT molecular complexity index is 674. The van der Waals surface area contributed by atoms with E-state index in [4.69, 9.17) is 0 Å². The van der Waals surface area contributed by atoms with E-state index in [0.717, 1.165) is 61.4 Å². The number of rotatable bonds is 4. The van der Waals surface area contributed by atoms with Gasteiger partial charge in [-0.15, -0.1) is 0 Å². The second kappa shape index (κ2) is 5.66. The summed E-state index contributed by atoms with van der Waals surface area (Å²) < 4.78 is 40.3. The molecule has 1 aliphatic rings. The zero-order chi connectivity index (χ0) is 15.7. The highest BCUT2D eigenvalue weighted by molar-refractivity contribution is 5.57. The molecular formula is C16H18F3N3. The molecule has 1 aliphatic heterocycles. The predicted octanol–water partition coefficient (Wildman–Crippen LogP) is 4.20. The van der Waals surface area contributed by atoms with E-state index in [1.54, 1.807) is 10.7 Å². The van der Waals surface area contributed by atoms with Crippen LogP contribution in [0.4, 0.5) is 19.0 Å². The zero-order valence-corrected chi connectivity index (χ0v) is 12.4. The third-order valence-corrected chi connectivity index (χ3v) is 3.92. The number of unbranched alkanes of at least 4 members (excludes halogenated alkanes) is 1. The van der Waals surface area contributed by atoms with Crippen LogP contribution in [-0.4, -0.2) is 16.3 Å². The van der Waals surface area contributed by atoms with E-state index in [1.807, 2.05) is 0 Å². The van der Waals surface area contributed by atoms with Crippen LogP contribution in [0.1, 0.15) is 36.6 Å². The molecule has 3 nitrogen and oxygen atoms in total. The first kappa shape index (κ1) is 14.9. The molecule has 0 unspecified atom stereocenters. The normalized spacial score (nSPS) is 14.0. The monoisotopic (exact) mass is 309 g/mol. The molecule has 2 aromatic rings. The topological polar surface area (TPSA) is 29.9 Å². The van der Waals surface area contributed by atoms with Crippen molar-refractivity contribution in [1.82, 2.24) is 9.78 Å². The van der Waals surface area contributed by atoms with Crippen molar-refractivity contribution in [2.24, 2.45) is 0 Å². The van der Waals surface area contributed by atoms with Crippen LogP contribution >= 0.6 is 0 Å². The van der Waals surface area contributed by atoms with Crippen molar-refractivity contribution in [1.29, 1.82) is 0 Å². The van der Waals surface area contributed by atoms with Gasteiger partial charge in [0.25, 0.3) is 0 Å². The SMILES string of the molecule is CCCCc1nn(-c2cccc(C(F)(F)F)c2)c2c1CCN2. The Morgan fingerprint density at radius 3 is 2.86 bits per heavy atom. The third kappa shape index (κ3) is 2.69. The van der Waals surface area contributed by atoms with Gasteiger partial charge in [0.2, 0.25) is 0 Å². The van der Waals surface area contributed by atoms with E-state index >= 15 is 0 Å². The number of alkyl halides is 3. The maximum Gasteiger partial charge on any atom is 0.416 e. The number of benzene rings is 1. The molecule has 3 rings (SSSR count). The number of aromatic nitrogens is 2. The van der Waals surface area contributed by atoms with Gasteiger partial charge in [-0.2, -0.15) is 18.3 Å². The van der Waals surface area contributed by atoms with Gasteiger partial charge in [-0.25, -0.2) is 4.68 Å². The second-order valence-corrected chi connectivity index (χ2v) is 5.51. The Morgan fingerprint density at radius 1 is 1.32 bits per heavy atom. The van der Waals surface area contributed by atoms with Crippen molar-refractivity contribution in [3.8, 4) is 5.69 Å². The van der Waals surface area contributed by atoms with Crippen molar-refractivity contribution in [3.63, 3.8) is 0 Å². The van der Waals surface area contributed by atoms with Crippen molar-refractivity contribution < 1.29 is 13.2 Å². The maximum atomic E-state index is 12.9. The molecule has 118 valence electrons. The maximum absolute atomic E-state index is 12.9. The smallest absolute Gasteiger partial charge is 0.369 e. The highest BCUT2D eigenvalue weighted by Gasteiger charge is 2.31. The summed E-state index contributed by atoms with van der Waals surface area (Å²) >= 11 is 0. The Kier molecular flexibility index (Phi) is 3.85. The van der Waals surface area contributed by atoms with Crippen LogP contribution in [0.5, 0.6) is 0 Å². The van der Waals surface area contributed by atoms with Gasteiger partial charge in [0, 0.05) is 12.1 Å². The lowest BCUT2D eigenvalue weighted by molar-refractivity contribution is -0.137. The highest BCUT2D eigenvalue weighted by Crippen LogP contribution is 2.33. The van der Waals surface area contributed by atoms with Crippen LogP contribution < -0.4 is 5.32 Å². The minimum absolute atomic E-state index is 0.447. The number of anilines is 1. The van der Waals surface area contributed by atoms with Crippen LogP contribution in [-0.2, 0) is 19.0 Å². The minimum atomic E-state index is -4.34. The van der Waals surface area contributed by atoms with Gasteiger partial charge in [0.15, 0.2) is 0 Å². The average Bonchev–Trinajstić information content (AvgIpc) is 3.07. The summed E-state index contributed by atoms with van der Waals surface area (Å²) in [6.07, 6.45) is -0.491. The standard InChI is InChI=1S/C16H18F3N3/c1-2-3-7-14-13-8-9-20-15(13)22(21-14)12-6-4-5-11(10-12)16(17,18)19/h4-6,10,20H,2-3,7-9H2,1H3. The summed E-state index contributed by atoms with van der Waals surface area (Å²) in [6.45, 7) is 2.92. The molecule has 0 fully saturated rings. The Hall–Kier alpha value is -1.98. The molecule has 0 bridgehead atoms. The lowest BCUT2D eigenvalue weighted by Crippen LogP contribution is -2.08. The molecule has 1 N–H and O–H groups in total. The van der Waals surface area contributed by atoms with Gasteiger partial charge in [0.05, 0.1) is 16.9 Å². The average molecular weight is 309 g/mol. The molecule has 0 spiro atoms. The molecule has 0 saturated heterocycles. The van der Waals surface area contributed by atoms with Crippen molar-refractivity contribution in [2.75, 3.05) is 11.9 Å². The molecule has 0 radical (unpaired) electrons. The molecule has 2 heterocycles. The molecule has 0 saturated carbocycles. The van der Waals surface area contributed by atoms with Gasteiger partial charge in [-0.3, -0.25) is 0 Å². The van der Waals surface area contributed by atoms with E-state index in [1.165, 1.54) is 6.07 Å². The van der Waals surface area contributed by atoms with Crippen LogP contribution in [0.2, 0.25) is 0 Å². The summed E-state index contributed by atoms with van der Waals surface area (Å²) in [4.78, 5) is 0. The lowest BCUT2D eigenvalue weighted by atomic mass is 10.1. The summed E-state index contributed by atoms with van der Waals surface area (Å²) in [5.41, 5.74) is 1.94. The van der Waals surface area contributed by atoms with Crippen LogP contribution in [0.3, 0.4) is 0 Å². The minimum Gasteiger partial charge on any atom is -0.369 e. The quantitative estimate of drug-likeness (QED) is 0.917. The molecule has 0 amide bonds. The van der Waals surface area contributed by atoms with E-state index in [-0.39, 0.29) is 0 Å². The fourth-order valence-corrected chi connectivity index (χ4v) is 2.79. The fraction of sp³-hybridized carbons (Fsp3) is 0.438. The zero-order valence-electron chi connectivity index (χ0n) is 12.4. The fourth-order valence-electron chi connectivity index (χ4n) is 2.79. The number of hydrogen-bond donors (Lipinski definition) is 1. The van der Waals surface area contributed by atoms with Gasteiger partial charge in [0.1, 0.15) is 5.82 Å².